The van der Waals surface area contributed by atoms with Gasteiger partial charge in [0.2, 0.25) is 0 Å². The van der Waals surface area contributed by atoms with Crippen LogP contribution < -0.4 is 19.1 Å². The molecular formula is C46H36ClN2O7PS. The van der Waals surface area contributed by atoms with Crippen LogP contribution in [0.2, 0.25) is 0 Å². The van der Waals surface area contributed by atoms with Crippen LogP contribution in [-0.2, 0) is 33.5 Å². The number of hydrogen-bond acceptors (Lipinski definition) is 8. The number of fused-ring (bicyclic) bond motifs is 6. The normalized spacial score (nSPS) is 14.6. The van der Waals surface area contributed by atoms with Crippen LogP contribution in [0.4, 0.5) is 11.4 Å². The highest BCUT2D eigenvalue weighted by molar-refractivity contribution is 7.42. The molecule has 7 aromatic rings. The maximum absolute atomic E-state index is 14.5. The summed E-state index contributed by atoms with van der Waals surface area (Å²) >= 11 is 7.78. The third-order valence-electron chi connectivity index (χ3n) is 10.5. The summed E-state index contributed by atoms with van der Waals surface area (Å²) in [5, 5.41) is 3.53. The number of carbonyl (C=O) groups is 3. The van der Waals surface area contributed by atoms with Crippen molar-refractivity contribution in [2.45, 2.75) is 25.6 Å². The summed E-state index contributed by atoms with van der Waals surface area (Å²) in [5.41, 5.74) is 5.33. The van der Waals surface area contributed by atoms with Crippen LogP contribution >= 0.6 is 31.5 Å². The van der Waals surface area contributed by atoms with E-state index in [1.54, 1.807) is 28.0 Å². The number of halogens is 1. The smallest absolute Gasteiger partial charge is 0.397 e. The number of benzene rings is 6. The second kappa shape index (κ2) is 16.7. The van der Waals surface area contributed by atoms with E-state index < -0.39 is 8.60 Å². The fourth-order valence-corrected chi connectivity index (χ4v) is 9.97. The molecule has 0 fully saturated rings. The quantitative estimate of drug-likeness (QED) is 0.0649. The third kappa shape index (κ3) is 7.34. The van der Waals surface area contributed by atoms with Gasteiger partial charge in [-0.25, -0.2) is 0 Å². The first-order valence-corrected chi connectivity index (χ1v) is 21.3. The number of anilines is 2. The van der Waals surface area contributed by atoms with Gasteiger partial charge >= 0.3 is 8.60 Å². The van der Waals surface area contributed by atoms with Gasteiger partial charge in [-0.2, -0.15) is 0 Å². The zero-order valence-electron chi connectivity index (χ0n) is 31.1. The molecule has 0 aliphatic carbocycles. The van der Waals surface area contributed by atoms with E-state index in [0.29, 0.717) is 64.5 Å². The molecule has 0 N–H and O–H groups in total. The Morgan fingerprint density at radius 2 is 1.24 bits per heavy atom. The van der Waals surface area contributed by atoms with E-state index in [1.807, 2.05) is 115 Å². The van der Waals surface area contributed by atoms with Gasteiger partial charge in [0.05, 0.1) is 34.3 Å². The average molecular weight is 827 g/mol. The van der Waals surface area contributed by atoms with Crippen molar-refractivity contribution in [1.82, 2.24) is 0 Å². The molecule has 0 radical (unpaired) electrons. The minimum absolute atomic E-state index is 0.135. The van der Waals surface area contributed by atoms with Gasteiger partial charge < -0.3 is 19.1 Å². The zero-order chi connectivity index (χ0) is 39.6. The molecule has 1 atom stereocenters. The average Bonchev–Trinajstić information content (AvgIpc) is 4.03. The molecule has 0 spiro atoms. The Hall–Kier alpha value is -5.61. The molecule has 2 aliphatic heterocycles. The minimum atomic E-state index is -1.89. The van der Waals surface area contributed by atoms with E-state index in [0.717, 1.165) is 55.1 Å². The molecule has 0 saturated heterocycles. The molecule has 9 nitrogen and oxygen atoms in total. The van der Waals surface area contributed by atoms with Crippen LogP contribution in [0, 0.1) is 0 Å². The van der Waals surface area contributed by atoms with Crippen molar-refractivity contribution >= 4 is 82.7 Å². The molecule has 0 bridgehead atoms. The van der Waals surface area contributed by atoms with Crippen LogP contribution in [0.15, 0.2) is 133 Å². The van der Waals surface area contributed by atoms with E-state index in [-0.39, 0.29) is 30.9 Å². The van der Waals surface area contributed by atoms with Gasteiger partial charge in [-0.05, 0) is 51.6 Å². The lowest BCUT2D eigenvalue weighted by Gasteiger charge is -2.22. The third-order valence-corrected chi connectivity index (χ3v) is 13.0. The van der Waals surface area contributed by atoms with E-state index in [2.05, 4.69) is 0 Å². The largest absolute Gasteiger partial charge is 0.428 e. The lowest BCUT2D eigenvalue weighted by Crippen LogP contribution is -2.29. The molecule has 3 heterocycles. The Morgan fingerprint density at radius 3 is 1.86 bits per heavy atom. The monoisotopic (exact) mass is 826 g/mol. The summed E-state index contributed by atoms with van der Waals surface area (Å²) in [5.74, 6) is 0.621. The summed E-state index contributed by atoms with van der Waals surface area (Å²) in [6.07, 6.45) is 0.652. The number of hydrogen-bond donors (Lipinski definition) is 0. The molecule has 12 heteroatoms. The van der Waals surface area contributed by atoms with Crippen molar-refractivity contribution in [3.63, 3.8) is 0 Å². The topological polar surface area (TPSA) is 94.6 Å². The van der Waals surface area contributed by atoms with Crippen LogP contribution in [0.1, 0.15) is 47.5 Å². The molecule has 0 saturated carbocycles. The van der Waals surface area contributed by atoms with Crippen molar-refractivity contribution in [2.24, 2.45) is 0 Å². The Morgan fingerprint density at radius 1 is 0.690 bits per heavy atom. The van der Waals surface area contributed by atoms with Gasteiger partial charge in [-0.15, -0.1) is 22.9 Å². The van der Waals surface area contributed by atoms with E-state index >= 15 is 0 Å². The van der Waals surface area contributed by atoms with Crippen LogP contribution in [-0.4, -0.2) is 37.3 Å². The summed E-state index contributed by atoms with van der Waals surface area (Å²) in [7, 11) is -1.89. The molecular weight excluding hydrogens is 791 g/mol. The molecule has 1 aromatic heterocycles. The zero-order valence-corrected chi connectivity index (χ0v) is 33.6. The molecule has 58 heavy (non-hydrogen) atoms. The van der Waals surface area contributed by atoms with Gasteiger partial charge in [-0.1, -0.05) is 109 Å². The summed E-state index contributed by atoms with van der Waals surface area (Å²) < 4.78 is 24.6. The van der Waals surface area contributed by atoms with Gasteiger partial charge in [0.1, 0.15) is 11.5 Å². The Labute approximate surface area is 345 Å². The second-order valence-corrected chi connectivity index (χ2v) is 16.5. The molecule has 2 aliphatic rings. The van der Waals surface area contributed by atoms with Crippen LogP contribution in [0.5, 0.6) is 11.5 Å². The first kappa shape index (κ1) is 37.9. The van der Waals surface area contributed by atoms with Gasteiger partial charge in [0, 0.05) is 47.8 Å². The van der Waals surface area contributed by atoms with Crippen molar-refractivity contribution in [3.05, 3.63) is 165 Å². The fourth-order valence-electron chi connectivity index (χ4n) is 7.81. The number of carbonyl (C=O) groups excluding carboxylic acids is 3. The maximum atomic E-state index is 14.5. The highest BCUT2D eigenvalue weighted by Gasteiger charge is 2.37. The van der Waals surface area contributed by atoms with E-state index in [1.165, 1.54) is 0 Å². The highest BCUT2D eigenvalue weighted by atomic mass is 35.5. The maximum Gasteiger partial charge on any atom is 0.397 e. The summed E-state index contributed by atoms with van der Waals surface area (Å²) in [6, 6.07) is 42.4. The standard InChI is InChI=1S/C46H36ClN2O7PS/c47-25-32-26-49(46(52)43-20-19-42(58-43)45(51)48-22-21-34-33-15-7-8-16-35(33)40(53-29-50)23-38(34)48)39-24-41(36-17-9-10-18-37(36)44(32)39)56-57(54-27-30-11-3-1-4-12-30)55-28-31-13-5-2-6-14-31/h1-20,23-24,29,32H,21-22,25-28H2/t32-/m1/s1. The van der Waals surface area contributed by atoms with E-state index in [9.17, 15) is 14.4 Å². The van der Waals surface area contributed by atoms with Gasteiger partial charge in [-0.3, -0.25) is 23.4 Å². The van der Waals surface area contributed by atoms with Gasteiger partial charge in [0.15, 0.2) is 0 Å². The van der Waals surface area contributed by atoms with Crippen LogP contribution in [0.25, 0.3) is 21.5 Å². The number of ether oxygens (including phenoxy) is 1. The number of thiophene rings is 1. The first-order valence-electron chi connectivity index (χ1n) is 18.8. The minimum Gasteiger partial charge on any atom is -0.428 e. The number of nitrogens with zero attached hydrogens (tertiary/aromatic N) is 2. The number of alkyl halides is 1. The van der Waals surface area contributed by atoms with E-state index in [4.69, 9.17) is 29.9 Å². The molecule has 9 rings (SSSR count). The Kier molecular flexibility index (Phi) is 10.9. The number of amides is 2. The van der Waals surface area contributed by atoms with Crippen molar-refractivity contribution in [1.29, 1.82) is 0 Å². The summed E-state index contributed by atoms with van der Waals surface area (Å²) in [4.78, 5) is 44.3. The SMILES string of the molecule is O=COc1cc2c(c3ccccc13)CCN2C(=O)c1ccc(C(=O)N2C[C@@H](CCl)c3c2cc(OP(OCc2ccccc2)OCc2ccccc2)c2ccccc32)s1. The predicted molar refractivity (Wildman–Crippen MR) is 229 cm³/mol. The molecule has 0 unspecified atom stereocenters. The van der Waals surface area contributed by atoms with Gasteiger partial charge in [0.25, 0.3) is 18.3 Å². The predicted octanol–water partition coefficient (Wildman–Crippen LogP) is 10.8. The fraction of sp³-hybridized carbons (Fsp3) is 0.152. The Bertz CT molecular complexity index is 2620. The second-order valence-electron chi connectivity index (χ2n) is 14.0. The summed E-state index contributed by atoms with van der Waals surface area (Å²) in [6.45, 7) is 1.80. The number of rotatable bonds is 13. The van der Waals surface area contributed by atoms with Crippen molar-refractivity contribution in [2.75, 3.05) is 28.8 Å². The molecule has 290 valence electrons. The van der Waals surface area contributed by atoms with Crippen LogP contribution in [0.3, 0.4) is 0 Å². The molecule has 6 aromatic carbocycles. The lowest BCUT2D eigenvalue weighted by molar-refractivity contribution is -0.120. The van der Waals surface area contributed by atoms with Crippen molar-refractivity contribution in [3.8, 4) is 11.5 Å². The van der Waals surface area contributed by atoms with Crippen molar-refractivity contribution < 1.29 is 32.7 Å². The Balaban J connectivity index is 1.01. The lowest BCUT2D eigenvalue weighted by atomic mass is 9.95. The highest BCUT2D eigenvalue weighted by Crippen LogP contribution is 2.51. The first-order chi connectivity index (χ1) is 28.5. The molecule has 2 amide bonds.